The number of rotatable bonds is 6. The van der Waals surface area contributed by atoms with Gasteiger partial charge in [-0.1, -0.05) is 38.8 Å². The van der Waals surface area contributed by atoms with E-state index in [4.69, 9.17) is 16.3 Å². The molecule has 0 spiro atoms. The van der Waals surface area contributed by atoms with Gasteiger partial charge >= 0.3 is 0 Å². The van der Waals surface area contributed by atoms with Crippen LogP contribution >= 0.6 is 11.6 Å². The minimum Gasteiger partial charge on any atom is -0.477 e. The van der Waals surface area contributed by atoms with Crippen molar-refractivity contribution in [2.24, 2.45) is 5.92 Å². The van der Waals surface area contributed by atoms with Crippen LogP contribution in [0, 0.1) is 5.92 Å². The average Bonchev–Trinajstić information content (AvgIpc) is 2.26. The smallest absolute Gasteiger partial charge is 0.218 e. The van der Waals surface area contributed by atoms with Crippen LogP contribution in [-0.4, -0.2) is 16.6 Å². The summed E-state index contributed by atoms with van der Waals surface area (Å²) in [5, 5.41) is 0.449. The molecule has 0 aromatic carbocycles. The zero-order valence-corrected chi connectivity index (χ0v) is 10.9. The number of aromatic nitrogens is 2. The Kier molecular flexibility index (Phi) is 5.53. The Balaban J connectivity index is 2.56. The van der Waals surface area contributed by atoms with Gasteiger partial charge < -0.3 is 4.74 Å². The lowest BCUT2D eigenvalue weighted by Crippen LogP contribution is -2.10. The Morgan fingerprint density at radius 2 is 2.12 bits per heavy atom. The van der Waals surface area contributed by atoms with E-state index >= 15 is 0 Å². The molecule has 0 aliphatic carbocycles. The molecule has 1 aromatic rings. The molecule has 0 aliphatic rings. The van der Waals surface area contributed by atoms with Gasteiger partial charge in [-0.2, -0.15) is 4.98 Å². The van der Waals surface area contributed by atoms with E-state index < -0.39 is 0 Å². The van der Waals surface area contributed by atoms with E-state index in [1.807, 2.05) is 6.92 Å². The predicted molar refractivity (Wildman–Crippen MR) is 66.0 cm³/mol. The summed E-state index contributed by atoms with van der Waals surface area (Å²) >= 11 is 5.87. The Bertz CT molecular complexity index is 331. The molecule has 0 saturated heterocycles. The highest BCUT2D eigenvalue weighted by Crippen LogP contribution is 2.15. The Morgan fingerprint density at radius 3 is 2.75 bits per heavy atom. The quantitative estimate of drug-likeness (QED) is 0.716. The normalized spacial score (nSPS) is 12.5. The van der Waals surface area contributed by atoms with E-state index in [9.17, 15) is 0 Å². The SMILES string of the molecule is CCCC(C)COc1cc(Cl)nc(CC)n1. The summed E-state index contributed by atoms with van der Waals surface area (Å²) in [6.45, 7) is 7.03. The lowest BCUT2D eigenvalue weighted by molar-refractivity contribution is 0.242. The van der Waals surface area contributed by atoms with Crippen molar-refractivity contribution in [2.45, 2.75) is 40.0 Å². The number of nitrogens with zero attached hydrogens (tertiary/aromatic N) is 2. The van der Waals surface area contributed by atoms with Gasteiger partial charge in [0, 0.05) is 12.5 Å². The molecule has 0 amide bonds. The second kappa shape index (κ2) is 6.69. The van der Waals surface area contributed by atoms with Crippen LogP contribution in [0.2, 0.25) is 5.15 Å². The molecule has 0 aliphatic heterocycles. The van der Waals surface area contributed by atoms with Crippen molar-refractivity contribution in [3.05, 3.63) is 17.0 Å². The third-order valence-electron chi connectivity index (χ3n) is 2.33. The van der Waals surface area contributed by atoms with Crippen LogP contribution in [0.5, 0.6) is 5.88 Å². The highest BCUT2D eigenvalue weighted by molar-refractivity contribution is 6.29. The van der Waals surface area contributed by atoms with Crippen molar-refractivity contribution in [3.8, 4) is 5.88 Å². The molecule has 1 atom stereocenters. The molecule has 90 valence electrons. The van der Waals surface area contributed by atoms with Gasteiger partial charge in [-0.15, -0.1) is 0 Å². The third kappa shape index (κ3) is 4.35. The Morgan fingerprint density at radius 1 is 1.38 bits per heavy atom. The van der Waals surface area contributed by atoms with Crippen LogP contribution in [0.4, 0.5) is 0 Å². The Hall–Kier alpha value is -0.830. The first kappa shape index (κ1) is 13.2. The highest BCUT2D eigenvalue weighted by Gasteiger charge is 2.05. The molecule has 3 nitrogen and oxygen atoms in total. The molecule has 1 unspecified atom stereocenters. The second-order valence-electron chi connectivity index (χ2n) is 4.00. The van der Waals surface area contributed by atoms with Crippen LogP contribution in [0.1, 0.15) is 39.4 Å². The standard InChI is InChI=1S/C12H19ClN2O/c1-4-6-9(3)8-16-12-7-10(13)14-11(5-2)15-12/h7,9H,4-6,8H2,1-3H3. The summed E-state index contributed by atoms with van der Waals surface area (Å²) in [6.07, 6.45) is 3.11. The summed E-state index contributed by atoms with van der Waals surface area (Å²) in [6, 6.07) is 1.67. The topological polar surface area (TPSA) is 35.0 Å². The van der Waals surface area contributed by atoms with Crippen LogP contribution < -0.4 is 4.74 Å². The van der Waals surface area contributed by atoms with Crippen LogP contribution in [0.3, 0.4) is 0 Å². The van der Waals surface area contributed by atoms with Crippen LogP contribution in [-0.2, 0) is 6.42 Å². The van der Waals surface area contributed by atoms with Gasteiger partial charge in [-0.05, 0) is 12.3 Å². The molecular weight excluding hydrogens is 224 g/mol. The number of halogens is 1. The van der Waals surface area contributed by atoms with Gasteiger partial charge in [-0.3, -0.25) is 0 Å². The molecule has 0 fully saturated rings. The van der Waals surface area contributed by atoms with Gasteiger partial charge in [0.25, 0.3) is 0 Å². The van der Waals surface area contributed by atoms with E-state index in [0.717, 1.165) is 12.2 Å². The van der Waals surface area contributed by atoms with Crippen molar-refractivity contribution in [3.63, 3.8) is 0 Å². The van der Waals surface area contributed by atoms with Gasteiger partial charge in [0.1, 0.15) is 11.0 Å². The van der Waals surface area contributed by atoms with Crippen molar-refractivity contribution >= 4 is 11.6 Å². The molecule has 0 N–H and O–H groups in total. The molecule has 4 heteroatoms. The van der Waals surface area contributed by atoms with Gasteiger partial charge in [0.2, 0.25) is 5.88 Å². The monoisotopic (exact) mass is 242 g/mol. The fraction of sp³-hybridized carbons (Fsp3) is 0.667. The summed E-state index contributed by atoms with van der Waals surface area (Å²) in [7, 11) is 0. The molecule has 0 radical (unpaired) electrons. The maximum atomic E-state index is 5.87. The first-order valence-electron chi connectivity index (χ1n) is 5.82. The number of ether oxygens (including phenoxy) is 1. The highest BCUT2D eigenvalue weighted by atomic mass is 35.5. The first-order chi connectivity index (χ1) is 7.65. The van der Waals surface area contributed by atoms with Gasteiger partial charge in [-0.25, -0.2) is 4.98 Å². The maximum Gasteiger partial charge on any atom is 0.218 e. The lowest BCUT2D eigenvalue weighted by Gasteiger charge is -2.11. The van der Waals surface area contributed by atoms with E-state index in [0.29, 0.717) is 23.6 Å². The molecular formula is C12H19ClN2O. The zero-order valence-electron chi connectivity index (χ0n) is 10.2. The predicted octanol–water partition coefficient (Wildman–Crippen LogP) is 3.51. The van der Waals surface area contributed by atoms with Crippen LogP contribution in [0.25, 0.3) is 0 Å². The molecule has 1 aromatic heterocycles. The van der Waals surface area contributed by atoms with Crippen LogP contribution in [0.15, 0.2) is 6.07 Å². The minimum atomic E-state index is 0.449. The summed E-state index contributed by atoms with van der Waals surface area (Å²) in [5.74, 6) is 1.86. The summed E-state index contributed by atoms with van der Waals surface area (Å²) in [5.41, 5.74) is 0. The third-order valence-corrected chi connectivity index (χ3v) is 2.52. The molecule has 0 saturated carbocycles. The first-order valence-corrected chi connectivity index (χ1v) is 6.19. The van der Waals surface area contributed by atoms with E-state index in [1.165, 1.54) is 12.8 Å². The van der Waals surface area contributed by atoms with Crippen molar-refractivity contribution in [1.82, 2.24) is 9.97 Å². The second-order valence-corrected chi connectivity index (χ2v) is 4.39. The molecule has 1 rings (SSSR count). The fourth-order valence-electron chi connectivity index (χ4n) is 1.48. The largest absolute Gasteiger partial charge is 0.477 e. The van der Waals surface area contributed by atoms with Gasteiger partial charge in [0.15, 0.2) is 0 Å². The molecule has 0 bridgehead atoms. The lowest BCUT2D eigenvalue weighted by atomic mass is 10.1. The molecule has 16 heavy (non-hydrogen) atoms. The van der Waals surface area contributed by atoms with E-state index in [-0.39, 0.29) is 0 Å². The zero-order chi connectivity index (χ0) is 12.0. The van der Waals surface area contributed by atoms with E-state index in [2.05, 4.69) is 23.8 Å². The summed E-state index contributed by atoms with van der Waals surface area (Å²) < 4.78 is 5.61. The average molecular weight is 243 g/mol. The summed E-state index contributed by atoms with van der Waals surface area (Å²) in [4.78, 5) is 8.36. The van der Waals surface area contributed by atoms with Crippen molar-refractivity contribution in [1.29, 1.82) is 0 Å². The number of aryl methyl sites for hydroxylation is 1. The number of hydrogen-bond donors (Lipinski definition) is 0. The maximum absolute atomic E-state index is 5.87. The number of hydrogen-bond acceptors (Lipinski definition) is 3. The van der Waals surface area contributed by atoms with Gasteiger partial charge in [0.05, 0.1) is 6.61 Å². The Labute approximate surface area is 102 Å². The fourth-order valence-corrected chi connectivity index (χ4v) is 1.67. The van der Waals surface area contributed by atoms with Crippen molar-refractivity contribution < 1.29 is 4.74 Å². The minimum absolute atomic E-state index is 0.449. The van der Waals surface area contributed by atoms with E-state index in [1.54, 1.807) is 6.07 Å². The molecule has 1 heterocycles. The van der Waals surface area contributed by atoms with Crippen molar-refractivity contribution in [2.75, 3.05) is 6.61 Å².